The van der Waals surface area contributed by atoms with Crippen LogP contribution >= 0.6 is 0 Å². The number of aryl methyl sites for hydroxylation is 1. The van der Waals surface area contributed by atoms with Gasteiger partial charge in [0, 0.05) is 31.9 Å². The largest absolute Gasteiger partial charge is 0.496 e. The smallest absolute Gasteiger partial charge is 0.191 e. The summed E-state index contributed by atoms with van der Waals surface area (Å²) in [6.45, 7) is 6.51. The van der Waals surface area contributed by atoms with Gasteiger partial charge in [-0.25, -0.2) is 4.99 Å². The lowest BCUT2D eigenvalue weighted by Gasteiger charge is -2.35. The van der Waals surface area contributed by atoms with Crippen LogP contribution in [-0.4, -0.2) is 53.9 Å². The van der Waals surface area contributed by atoms with E-state index in [9.17, 15) is 0 Å². The second-order valence-electron chi connectivity index (χ2n) is 7.38. The molecule has 1 fully saturated rings. The summed E-state index contributed by atoms with van der Waals surface area (Å²) in [6, 6.07) is 10.6. The molecule has 3 rings (SSSR count). The second kappa shape index (κ2) is 10.9. The maximum absolute atomic E-state index is 5.67. The van der Waals surface area contributed by atoms with Gasteiger partial charge in [0.2, 0.25) is 0 Å². The summed E-state index contributed by atoms with van der Waals surface area (Å²) >= 11 is 0. The number of benzene rings is 1. The van der Waals surface area contributed by atoms with E-state index in [2.05, 4.69) is 39.7 Å². The van der Waals surface area contributed by atoms with Crippen LogP contribution in [0.1, 0.15) is 43.5 Å². The first-order valence-electron chi connectivity index (χ1n) is 10.6. The molecule has 1 unspecified atom stereocenters. The molecule has 29 heavy (non-hydrogen) atoms. The van der Waals surface area contributed by atoms with Crippen LogP contribution in [0, 0.1) is 0 Å². The van der Waals surface area contributed by atoms with Gasteiger partial charge in [0.1, 0.15) is 5.75 Å². The number of aromatic nitrogens is 2. The number of guanidine groups is 1. The van der Waals surface area contributed by atoms with Crippen molar-refractivity contribution in [3.05, 3.63) is 47.8 Å². The maximum Gasteiger partial charge on any atom is 0.191 e. The van der Waals surface area contributed by atoms with Gasteiger partial charge in [-0.15, -0.1) is 0 Å². The lowest BCUT2D eigenvalue weighted by atomic mass is 10.0. The standard InChI is InChI=1S/C22H34N6O/c1-4-23-22(24-16-18-12-13-26-27(18)2)25-17-20(28-14-8-5-9-15-28)19-10-6-7-11-21(19)29-3/h6-7,10-13,20H,4-5,8-9,14-17H2,1-3H3,(H2,23,24,25). The molecule has 1 atom stereocenters. The van der Waals surface area contributed by atoms with Crippen molar-refractivity contribution in [1.29, 1.82) is 0 Å². The van der Waals surface area contributed by atoms with Crippen LogP contribution in [0.5, 0.6) is 5.75 Å². The minimum absolute atomic E-state index is 0.243. The number of para-hydroxylation sites is 1. The van der Waals surface area contributed by atoms with Crippen molar-refractivity contribution in [1.82, 2.24) is 25.3 Å². The van der Waals surface area contributed by atoms with Crippen molar-refractivity contribution in [2.75, 3.05) is 33.3 Å². The number of ether oxygens (including phenoxy) is 1. The van der Waals surface area contributed by atoms with Crippen molar-refractivity contribution in [2.24, 2.45) is 12.0 Å². The molecule has 2 N–H and O–H groups in total. The first-order chi connectivity index (χ1) is 14.2. The van der Waals surface area contributed by atoms with Crippen LogP contribution < -0.4 is 15.4 Å². The molecule has 0 aliphatic carbocycles. The Morgan fingerprint density at radius 3 is 2.66 bits per heavy atom. The quantitative estimate of drug-likeness (QED) is 0.529. The zero-order valence-corrected chi connectivity index (χ0v) is 17.9. The van der Waals surface area contributed by atoms with Crippen LogP contribution in [0.2, 0.25) is 0 Å². The molecule has 158 valence electrons. The molecule has 0 bridgehead atoms. The van der Waals surface area contributed by atoms with Crippen LogP contribution in [-0.2, 0) is 13.6 Å². The summed E-state index contributed by atoms with van der Waals surface area (Å²) in [6.07, 6.45) is 5.62. The van der Waals surface area contributed by atoms with E-state index in [4.69, 9.17) is 9.73 Å². The van der Waals surface area contributed by atoms with Gasteiger partial charge in [0.15, 0.2) is 5.96 Å². The molecule has 1 aliphatic heterocycles. The fraction of sp³-hybridized carbons (Fsp3) is 0.545. The first kappa shape index (κ1) is 21.2. The Hall–Kier alpha value is -2.54. The summed E-state index contributed by atoms with van der Waals surface area (Å²) in [5.41, 5.74) is 2.31. The van der Waals surface area contributed by atoms with E-state index >= 15 is 0 Å². The number of aliphatic imine (C=N–C) groups is 1. The van der Waals surface area contributed by atoms with Gasteiger partial charge in [-0.3, -0.25) is 9.58 Å². The number of nitrogens with zero attached hydrogens (tertiary/aromatic N) is 4. The molecule has 0 radical (unpaired) electrons. The summed E-state index contributed by atoms with van der Waals surface area (Å²) in [5, 5.41) is 11.1. The Morgan fingerprint density at radius 2 is 1.97 bits per heavy atom. The molecule has 1 saturated heterocycles. The van der Waals surface area contributed by atoms with Crippen LogP contribution in [0.3, 0.4) is 0 Å². The Labute approximate surface area is 174 Å². The highest BCUT2D eigenvalue weighted by Gasteiger charge is 2.25. The summed E-state index contributed by atoms with van der Waals surface area (Å²) in [5.74, 6) is 1.77. The zero-order chi connectivity index (χ0) is 20.5. The molecule has 1 aromatic heterocycles. The first-order valence-corrected chi connectivity index (χ1v) is 10.6. The van der Waals surface area contributed by atoms with Gasteiger partial charge in [-0.2, -0.15) is 5.10 Å². The Morgan fingerprint density at radius 1 is 1.17 bits per heavy atom. The van der Waals surface area contributed by atoms with Gasteiger partial charge in [0.05, 0.1) is 25.4 Å². The average Bonchev–Trinajstić information content (AvgIpc) is 3.18. The van der Waals surface area contributed by atoms with Gasteiger partial charge in [-0.05, 0) is 45.0 Å². The SMILES string of the molecule is CCNC(=NCc1ccnn1C)NCC(c1ccccc1OC)N1CCCCC1. The van der Waals surface area contributed by atoms with Crippen molar-refractivity contribution in [2.45, 2.75) is 38.8 Å². The topological polar surface area (TPSA) is 66.7 Å². The van der Waals surface area contributed by atoms with Crippen molar-refractivity contribution in [3.8, 4) is 5.75 Å². The van der Waals surface area contributed by atoms with E-state index in [-0.39, 0.29) is 6.04 Å². The fourth-order valence-corrected chi connectivity index (χ4v) is 3.86. The molecule has 1 aliphatic rings. The highest BCUT2D eigenvalue weighted by Crippen LogP contribution is 2.30. The Bertz CT molecular complexity index is 781. The monoisotopic (exact) mass is 398 g/mol. The number of rotatable bonds is 8. The molecule has 0 spiro atoms. The van der Waals surface area contributed by atoms with Crippen LogP contribution in [0.4, 0.5) is 0 Å². The van der Waals surface area contributed by atoms with Crippen LogP contribution in [0.15, 0.2) is 41.5 Å². The molecular weight excluding hydrogens is 364 g/mol. The predicted molar refractivity (Wildman–Crippen MR) is 117 cm³/mol. The zero-order valence-electron chi connectivity index (χ0n) is 17.9. The van der Waals surface area contributed by atoms with Gasteiger partial charge < -0.3 is 15.4 Å². The maximum atomic E-state index is 5.67. The summed E-state index contributed by atoms with van der Waals surface area (Å²) in [4.78, 5) is 7.32. The lowest BCUT2D eigenvalue weighted by Crippen LogP contribution is -2.44. The minimum Gasteiger partial charge on any atom is -0.496 e. The number of hydrogen-bond acceptors (Lipinski definition) is 4. The number of likely N-dealkylation sites (tertiary alicyclic amines) is 1. The number of methoxy groups -OCH3 is 1. The highest BCUT2D eigenvalue weighted by molar-refractivity contribution is 5.79. The van der Waals surface area contributed by atoms with Crippen molar-refractivity contribution < 1.29 is 4.74 Å². The van der Waals surface area contributed by atoms with Gasteiger partial charge in [-0.1, -0.05) is 24.6 Å². The van der Waals surface area contributed by atoms with E-state index in [1.165, 1.54) is 24.8 Å². The molecule has 7 nitrogen and oxygen atoms in total. The van der Waals surface area contributed by atoms with E-state index in [1.807, 2.05) is 29.9 Å². The van der Waals surface area contributed by atoms with E-state index in [1.54, 1.807) is 13.3 Å². The van der Waals surface area contributed by atoms with Gasteiger partial charge >= 0.3 is 0 Å². The van der Waals surface area contributed by atoms with Crippen molar-refractivity contribution >= 4 is 5.96 Å². The van der Waals surface area contributed by atoms with Crippen LogP contribution in [0.25, 0.3) is 0 Å². The molecule has 2 aromatic rings. The normalized spacial score (nSPS) is 16.4. The molecule has 2 heterocycles. The molecular formula is C22H34N6O. The van der Waals surface area contributed by atoms with E-state index in [0.29, 0.717) is 6.54 Å². The predicted octanol–water partition coefficient (Wildman–Crippen LogP) is 2.71. The fourth-order valence-electron chi connectivity index (χ4n) is 3.86. The Balaban J connectivity index is 1.75. The molecule has 7 heteroatoms. The third kappa shape index (κ3) is 5.73. The van der Waals surface area contributed by atoms with Gasteiger partial charge in [0.25, 0.3) is 0 Å². The third-order valence-corrected chi connectivity index (χ3v) is 5.46. The number of hydrogen-bond donors (Lipinski definition) is 2. The lowest BCUT2D eigenvalue weighted by molar-refractivity contribution is 0.161. The van der Waals surface area contributed by atoms with E-state index in [0.717, 1.165) is 43.6 Å². The summed E-state index contributed by atoms with van der Waals surface area (Å²) in [7, 11) is 3.69. The number of piperidine rings is 1. The third-order valence-electron chi connectivity index (χ3n) is 5.46. The Kier molecular flexibility index (Phi) is 7.93. The molecule has 0 amide bonds. The highest BCUT2D eigenvalue weighted by atomic mass is 16.5. The minimum atomic E-state index is 0.243. The second-order valence-corrected chi connectivity index (χ2v) is 7.38. The molecule has 1 aromatic carbocycles. The van der Waals surface area contributed by atoms with E-state index < -0.39 is 0 Å². The summed E-state index contributed by atoms with van der Waals surface area (Å²) < 4.78 is 7.53. The average molecular weight is 399 g/mol. The van der Waals surface area contributed by atoms with Crippen molar-refractivity contribution in [3.63, 3.8) is 0 Å². The molecule has 0 saturated carbocycles. The number of nitrogens with one attached hydrogen (secondary N) is 2.